The molecule has 0 amide bonds. The lowest BCUT2D eigenvalue weighted by atomic mass is 10.3. The van der Waals surface area contributed by atoms with Crippen molar-refractivity contribution in [1.29, 1.82) is 0 Å². The number of aryl methyl sites for hydroxylation is 1. The van der Waals surface area contributed by atoms with Crippen LogP contribution in [0.25, 0.3) is 5.82 Å². The Balaban J connectivity index is 1.93. The van der Waals surface area contributed by atoms with Crippen LogP contribution in [0, 0.1) is 6.92 Å². The minimum absolute atomic E-state index is 0.0335. The molecule has 0 unspecified atom stereocenters. The third kappa shape index (κ3) is 2.93. The second-order valence-corrected chi connectivity index (χ2v) is 4.65. The Morgan fingerprint density at radius 3 is 2.68 bits per heavy atom. The third-order valence-corrected chi connectivity index (χ3v) is 2.94. The summed E-state index contributed by atoms with van der Waals surface area (Å²) in [5.74, 6) is -0.0927. The number of carboxylic acids is 1. The van der Waals surface area contributed by atoms with Crippen molar-refractivity contribution in [1.82, 2.24) is 19.5 Å². The van der Waals surface area contributed by atoms with Crippen LogP contribution >= 0.6 is 0 Å². The second kappa shape index (κ2) is 5.65. The van der Waals surface area contributed by atoms with Crippen LogP contribution in [0.4, 0.5) is 11.6 Å². The molecule has 0 aliphatic carbocycles. The lowest BCUT2D eigenvalue weighted by molar-refractivity contribution is 0.0691. The first-order valence-corrected chi connectivity index (χ1v) is 6.57. The van der Waals surface area contributed by atoms with Crippen molar-refractivity contribution >= 4 is 17.6 Å². The van der Waals surface area contributed by atoms with E-state index in [1.54, 1.807) is 10.6 Å². The lowest BCUT2D eigenvalue weighted by Gasteiger charge is -2.08. The molecule has 3 aromatic rings. The Morgan fingerprint density at radius 1 is 1.23 bits per heavy atom. The van der Waals surface area contributed by atoms with Gasteiger partial charge in [0.05, 0.1) is 0 Å². The number of nitrogens with zero attached hydrogens (tertiary/aromatic N) is 4. The van der Waals surface area contributed by atoms with Gasteiger partial charge in [0.2, 0.25) is 5.95 Å². The van der Waals surface area contributed by atoms with Crippen LogP contribution in [0.2, 0.25) is 0 Å². The van der Waals surface area contributed by atoms with E-state index in [4.69, 9.17) is 5.11 Å². The quantitative estimate of drug-likeness (QED) is 0.767. The SMILES string of the molecule is Cc1cc(-n2cnc(C(=O)O)c2)nc(Nc2ccccc2)n1. The number of hydrogen-bond acceptors (Lipinski definition) is 5. The van der Waals surface area contributed by atoms with Crippen LogP contribution < -0.4 is 5.32 Å². The number of para-hydroxylation sites is 1. The highest BCUT2D eigenvalue weighted by Gasteiger charge is 2.10. The summed E-state index contributed by atoms with van der Waals surface area (Å²) >= 11 is 0. The second-order valence-electron chi connectivity index (χ2n) is 4.65. The molecule has 0 saturated carbocycles. The van der Waals surface area contributed by atoms with Crippen molar-refractivity contribution in [3.05, 3.63) is 60.3 Å². The van der Waals surface area contributed by atoms with Gasteiger partial charge < -0.3 is 10.4 Å². The normalized spacial score (nSPS) is 10.4. The summed E-state index contributed by atoms with van der Waals surface area (Å²) in [6.07, 6.45) is 2.83. The summed E-state index contributed by atoms with van der Waals surface area (Å²) in [7, 11) is 0. The van der Waals surface area contributed by atoms with Crippen molar-refractivity contribution in [3.63, 3.8) is 0 Å². The average Bonchev–Trinajstić information content (AvgIpc) is 2.98. The van der Waals surface area contributed by atoms with Gasteiger partial charge in [-0.1, -0.05) is 18.2 Å². The number of carboxylic acid groups (broad SMARTS) is 1. The van der Waals surface area contributed by atoms with Crippen LogP contribution in [0.5, 0.6) is 0 Å². The molecular formula is C15H13N5O2. The van der Waals surface area contributed by atoms with E-state index in [2.05, 4.69) is 20.3 Å². The van der Waals surface area contributed by atoms with Gasteiger partial charge in [-0.3, -0.25) is 4.57 Å². The lowest BCUT2D eigenvalue weighted by Crippen LogP contribution is -2.03. The highest BCUT2D eigenvalue weighted by Crippen LogP contribution is 2.15. The van der Waals surface area contributed by atoms with E-state index in [0.29, 0.717) is 11.8 Å². The van der Waals surface area contributed by atoms with E-state index < -0.39 is 5.97 Å². The number of carbonyl (C=O) groups is 1. The predicted octanol–water partition coefficient (Wildman–Crippen LogP) is 2.41. The number of anilines is 2. The summed E-state index contributed by atoms with van der Waals surface area (Å²) in [5, 5.41) is 12.0. The number of benzene rings is 1. The van der Waals surface area contributed by atoms with E-state index in [1.807, 2.05) is 37.3 Å². The summed E-state index contributed by atoms with van der Waals surface area (Å²) in [4.78, 5) is 23.4. The van der Waals surface area contributed by atoms with E-state index >= 15 is 0 Å². The standard InChI is InChI=1S/C15H13N5O2/c1-10-7-13(20-8-12(14(21)22)16-9-20)19-15(17-10)18-11-5-3-2-4-6-11/h2-9H,1H3,(H,21,22)(H,17,18,19). The first-order valence-electron chi connectivity index (χ1n) is 6.57. The van der Waals surface area contributed by atoms with Crippen molar-refractivity contribution in [3.8, 4) is 5.82 Å². The number of rotatable bonds is 4. The Kier molecular flexibility index (Phi) is 3.53. The van der Waals surface area contributed by atoms with Gasteiger partial charge in [0.25, 0.3) is 0 Å². The molecule has 22 heavy (non-hydrogen) atoms. The Morgan fingerprint density at radius 2 is 2.00 bits per heavy atom. The molecule has 7 nitrogen and oxygen atoms in total. The maximum atomic E-state index is 10.9. The van der Waals surface area contributed by atoms with Crippen LogP contribution in [0.3, 0.4) is 0 Å². The highest BCUT2D eigenvalue weighted by atomic mass is 16.4. The van der Waals surface area contributed by atoms with Gasteiger partial charge in [-0.25, -0.2) is 14.8 Å². The number of imidazole rings is 1. The van der Waals surface area contributed by atoms with Crippen molar-refractivity contribution in [2.75, 3.05) is 5.32 Å². The Labute approximate surface area is 126 Å². The molecule has 0 aliphatic rings. The van der Waals surface area contributed by atoms with E-state index in [9.17, 15) is 4.79 Å². The van der Waals surface area contributed by atoms with Gasteiger partial charge >= 0.3 is 5.97 Å². The first kappa shape index (κ1) is 13.7. The topological polar surface area (TPSA) is 92.9 Å². The van der Waals surface area contributed by atoms with Crippen LogP contribution in [-0.4, -0.2) is 30.6 Å². The molecule has 3 rings (SSSR count). The zero-order chi connectivity index (χ0) is 15.5. The molecule has 2 aromatic heterocycles. The van der Waals surface area contributed by atoms with Crippen molar-refractivity contribution < 1.29 is 9.90 Å². The number of aromatic carboxylic acids is 1. The molecule has 7 heteroatoms. The first-order chi connectivity index (χ1) is 10.6. The summed E-state index contributed by atoms with van der Waals surface area (Å²) < 4.78 is 1.55. The van der Waals surface area contributed by atoms with Gasteiger partial charge in [-0.05, 0) is 19.1 Å². The maximum absolute atomic E-state index is 10.9. The van der Waals surface area contributed by atoms with Crippen LogP contribution in [0.15, 0.2) is 48.9 Å². The fourth-order valence-corrected chi connectivity index (χ4v) is 1.95. The van der Waals surface area contributed by atoms with E-state index in [0.717, 1.165) is 11.4 Å². The maximum Gasteiger partial charge on any atom is 0.356 e. The molecule has 0 spiro atoms. The molecule has 0 saturated heterocycles. The van der Waals surface area contributed by atoms with Crippen molar-refractivity contribution in [2.45, 2.75) is 6.92 Å². The van der Waals surface area contributed by atoms with Crippen LogP contribution in [0.1, 0.15) is 16.2 Å². The van der Waals surface area contributed by atoms with Gasteiger partial charge in [-0.15, -0.1) is 0 Å². The molecule has 110 valence electrons. The molecule has 1 aromatic carbocycles. The van der Waals surface area contributed by atoms with E-state index in [-0.39, 0.29) is 5.69 Å². The number of hydrogen-bond donors (Lipinski definition) is 2. The molecule has 0 bridgehead atoms. The molecule has 0 atom stereocenters. The summed E-state index contributed by atoms with van der Waals surface area (Å²) in [6.45, 7) is 1.84. The van der Waals surface area contributed by atoms with E-state index in [1.165, 1.54) is 12.5 Å². The predicted molar refractivity (Wildman–Crippen MR) is 80.6 cm³/mol. The third-order valence-electron chi connectivity index (χ3n) is 2.94. The minimum Gasteiger partial charge on any atom is -0.476 e. The number of aromatic nitrogens is 4. The zero-order valence-corrected chi connectivity index (χ0v) is 11.8. The summed E-state index contributed by atoms with van der Waals surface area (Å²) in [5.41, 5.74) is 1.60. The highest BCUT2D eigenvalue weighted by molar-refractivity contribution is 5.85. The molecule has 0 radical (unpaired) electrons. The van der Waals surface area contributed by atoms with Gasteiger partial charge in [0.1, 0.15) is 12.1 Å². The van der Waals surface area contributed by atoms with Gasteiger partial charge in [0, 0.05) is 23.6 Å². The smallest absolute Gasteiger partial charge is 0.356 e. The van der Waals surface area contributed by atoms with Gasteiger partial charge in [-0.2, -0.15) is 4.98 Å². The fraction of sp³-hybridized carbons (Fsp3) is 0.0667. The largest absolute Gasteiger partial charge is 0.476 e. The monoisotopic (exact) mass is 295 g/mol. The molecule has 0 fully saturated rings. The van der Waals surface area contributed by atoms with Gasteiger partial charge in [0.15, 0.2) is 5.69 Å². The molecular weight excluding hydrogens is 282 g/mol. The molecule has 2 N–H and O–H groups in total. The number of nitrogens with one attached hydrogen (secondary N) is 1. The zero-order valence-electron chi connectivity index (χ0n) is 11.8. The Bertz CT molecular complexity index is 814. The van der Waals surface area contributed by atoms with Crippen molar-refractivity contribution in [2.24, 2.45) is 0 Å². The van der Waals surface area contributed by atoms with Crippen LogP contribution in [-0.2, 0) is 0 Å². The molecule has 0 aliphatic heterocycles. The minimum atomic E-state index is -1.08. The molecule has 2 heterocycles. The summed E-state index contributed by atoms with van der Waals surface area (Å²) in [6, 6.07) is 11.3. The average molecular weight is 295 g/mol. The fourth-order valence-electron chi connectivity index (χ4n) is 1.95. The Hall–Kier alpha value is -3.22.